The molecule has 0 saturated heterocycles. The zero-order chi connectivity index (χ0) is 24.3. The average Bonchev–Trinajstić information content (AvgIpc) is 3.24. The first-order valence-electron chi connectivity index (χ1n) is 10.2. The number of aromatic nitrogens is 3. The quantitative estimate of drug-likeness (QED) is 0.306. The fraction of sp³-hybridized carbons (Fsp3) is 0.174. The Hall–Kier alpha value is -4.12. The number of amides is 1. The summed E-state index contributed by atoms with van der Waals surface area (Å²) in [5.41, 5.74) is 1.36. The van der Waals surface area contributed by atoms with Gasteiger partial charge in [-0.05, 0) is 30.8 Å². The van der Waals surface area contributed by atoms with Gasteiger partial charge in [-0.15, -0.1) is 0 Å². The predicted molar refractivity (Wildman–Crippen MR) is 123 cm³/mol. The van der Waals surface area contributed by atoms with Crippen LogP contribution in [0.2, 0.25) is 0 Å². The number of anilines is 3. The molecule has 0 saturated carbocycles. The fourth-order valence-electron chi connectivity index (χ4n) is 3.56. The van der Waals surface area contributed by atoms with Crippen LogP contribution in [0.4, 0.5) is 35.3 Å². The van der Waals surface area contributed by atoms with E-state index in [1.165, 1.54) is 13.3 Å². The smallest absolute Gasteiger partial charge is 0.419 e. The molecule has 11 heteroatoms. The van der Waals surface area contributed by atoms with Gasteiger partial charge in [0, 0.05) is 35.6 Å². The van der Waals surface area contributed by atoms with Crippen LogP contribution in [0.5, 0.6) is 0 Å². The highest BCUT2D eigenvalue weighted by molar-refractivity contribution is 6.04. The Balaban J connectivity index is 1.79. The Kier molecular flexibility index (Phi) is 6.37. The van der Waals surface area contributed by atoms with Gasteiger partial charge in [-0.3, -0.25) is 5.32 Å². The van der Waals surface area contributed by atoms with Gasteiger partial charge < -0.3 is 20.4 Å². The van der Waals surface area contributed by atoms with E-state index in [2.05, 4.69) is 35.6 Å². The molecule has 2 aromatic carbocycles. The van der Waals surface area contributed by atoms with Gasteiger partial charge in [0.1, 0.15) is 5.56 Å². The van der Waals surface area contributed by atoms with Crippen molar-refractivity contribution in [2.24, 2.45) is 0 Å². The van der Waals surface area contributed by atoms with E-state index in [1.807, 2.05) is 25.2 Å². The Bertz CT molecular complexity index is 1340. The van der Waals surface area contributed by atoms with E-state index < -0.39 is 17.8 Å². The van der Waals surface area contributed by atoms with Crippen LogP contribution in [0, 0.1) is 0 Å². The van der Waals surface area contributed by atoms with Gasteiger partial charge in [-0.1, -0.05) is 24.3 Å². The number of benzene rings is 2. The predicted octanol–water partition coefficient (Wildman–Crippen LogP) is 5.29. The molecule has 0 spiro atoms. The lowest BCUT2D eigenvalue weighted by atomic mass is 10.1. The normalized spacial score (nSPS) is 11.4. The third kappa shape index (κ3) is 4.79. The van der Waals surface area contributed by atoms with E-state index >= 15 is 0 Å². The SMILES string of the molecule is CNCc1cccc(Nc2ncc(C(F)(F)F)c(-c3c[nH]c4c(NC(=O)OC)cccc34)n2)c1. The van der Waals surface area contributed by atoms with Crippen LogP contribution in [-0.2, 0) is 17.5 Å². The molecule has 176 valence electrons. The molecule has 4 aromatic rings. The molecular weight excluding hydrogens is 449 g/mol. The van der Waals surface area contributed by atoms with Crippen LogP contribution in [0.25, 0.3) is 22.2 Å². The molecule has 2 aromatic heterocycles. The van der Waals surface area contributed by atoms with Gasteiger partial charge in [-0.25, -0.2) is 14.8 Å². The Labute approximate surface area is 192 Å². The summed E-state index contributed by atoms with van der Waals surface area (Å²) in [6.45, 7) is 0.631. The molecule has 4 rings (SSSR count). The van der Waals surface area contributed by atoms with E-state index in [0.29, 0.717) is 28.8 Å². The van der Waals surface area contributed by atoms with Crippen molar-refractivity contribution < 1.29 is 22.7 Å². The standard InChI is InChI=1S/C23H21F3N6O2/c1-27-10-13-5-3-6-14(9-13)30-21-29-12-17(23(24,25)26)19(32-21)16-11-28-20-15(16)7-4-8-18(20)31-22(33)34-2/h3-9,11-12,27-28H,10H2,1-2H3,(H,31,33)(H,29,30,32). The topological polar surface area (TPSA) is 104 Å². The summed E-state index contributed by atoms with van der Waals surface area (Å²) in [5.74, 6) is 0.0165. The Morgan fingerprint density at radius 3 is 2.71 bits per heavy atom. The van der Waals surface area contributed by atoms with Crippen molar-refractivity contribution in [1.82, 2.24) is 20.3 Å². The zero-order valence-electron chi connectivity index (χ0n) is 18.2. The highest BCUT2D eigenvalue weighted by Crippen LogP contribution is 2.40. The summed E-state index contributed by atoms with van der Waals surface area (Å²) in [5, 5.41) is 9.00. The number of carbonyl (C=O) groups excluding carboxylic acids is 1. The number of rotatable bonds is 6. The minimum atomic E-state index is -4.67. The van der Waals surface area contributed by atoms with Gasteiger partial charge >= 0.3 is 12.3 Å². The van der Waals surface area contributed by atoms with Crippen molar-refractivity contribution in [3.05, 3.63) is 66.0 Å². The highest BCUT2D eigenvalue weighted by Gasteiger charge is 2.36. The molecule has 8 nitrogen and oxygen atoms in total. The molecule has 0 aliphatic rings. The van der Waals surface area contributed by atoms with Gasteiger partial charge in [0.15, 0.2) is 0 Å². The molecule has 0 aliphatic heterocycles. The second-order valence-electron chi connectivity index (χ2n) is 7.36. The molecule has 34 heavy (non-hydrogen) atoms. The molecule has 2 heterocycles. The number of nitrogens with one attached hydrogen (secondary N) is 4. The van der Waals surface area contributed by atoms with Crippen molar-refractivity contribution in [1.29, 1.82) is 0 Å². The van der Waals surface area contributed by atoms with Crippen LogP contribution in [0.15, 0.2) is 54.9 Å². The second kappa shape index (κ2) is 9.40. The van der Waals surface area contributed by atoms with Crippen LogP contribution in [0.3, 0.4) is 0 Å². The second-order valence-corrected chi connectivity index (χ2v) is 7.36. The number of methoxy groups -OCH3 is 1. The number of carbonyl (C=O) groups is 1. The maximum Gasteiger partial charge on any atom is 0.419 e. The van der Waals surface area contributed by atoms with Gasteiger partial charge in [0.05, 0.1) is 24.0 Å². The van der Waals surface area contributed by atoms with E-state index in [-0.39, 0.29) is 17.2 Å². The summed E-state index contributed by atoms with van der Waals surface area (Å²) < 4.78 is 46.1. The van der Waals surface area contributed by atoms with Gasteiger partial charge in [0.2, 0.25) is 5.95 Å². The minimum Gasteiger partial charge on any atom is -0.453 e. The summed E-state index contributed by atoms with van der Waals surface area (Å²) in [4.78, 5) is 22.7. The number of para-hydroxylation sites is 1. The maximum absolute atomic E-state index is 13.8. The number of nitrogens with zero attached hydrogens (tertiary/aromatic N) is 2. The number of alkyl halides is 3. The van der Waals surface area contributed by atoms with Crippen LogP contribution >= 0.6 is 0 Å². The van der Waals surface area contributed by atoms with Gasteiger partial charge in [0.25, 0.3) is 0 Å². The molecular formula is C23H21F3N6O2. The largest absolute Gasteiger partial charge is 0.453 e. The molecule has 0 aliphatic carbocycles. The molecule has 0 fully saturated rings. The van der Waals surface area contributed by atoms with E-state index in [9.17, 15) is 18.0 Å². The fourth-order valence-corrected chi connectivity index (χ4v) is 3.56. The van der Waals surface area contributed by atoms with E-state index in [0.717, 1.165) is 11.8 Å². The highest BCUT2D eigenvalue weighted by atomic mass is 19.4. The maximum atomic E-state index is 13.8. The lowest BCUT2D eigenvalue weighted by Gasteiger charge is -2.14. The number of ether oxygens (including phenoxy) is 1. The van der Waals surface area contributed by atoms with Crippen molar-refractivity contribution in [2.45, 2.75) is 12.7 Å². The molecule has 0 bridgehead atoms. The number of H-pyrrole nitrogens is 1. The van der Waals surface area contributed by atoms with Crippen LogP contribution in [0.1, 0.15) is 11.1 Å². The van der Waals surface area contributed by atoms with E-state index in [4.69, 9.17) is 0 Å². The Morgan fingerprint density at radius 1 is 1.18 bits per heavy atom. The number of hydrogen-bond acceptors (Lipinski definition) is 6. The summed E-state index contributed by atoms with van der Waals surface area (Å²) >= 11 is 0. The number of fused-ring (bicyclic) bond motifs is 1. The van der Waals surface area contributed by atoms with E-state index in [1.54, 1.807) is 24.3 Å². The zero-order valence-corrected chi connectivity index (χ0v) is 18.2. The number of halogens is 3. The van der Waals surface area contributed by atoms with Crippen molar-refractivity contribution in [2.75, 3.05) is 24.8 Å². The number of hydrogen-bond donors (Lipinski definition) is 4. The summed E-state index contributed by atoms with van der Waals surface area (Å²) in [7, 11) is 3.04. The Morgan fingerprint density at radius 2 is 1.97 bits per heavy atom. The third-order valence-electron chi connectivity index (χ3n) is 5.05. The first kappa shape index (κ1) is 23.1. The van der Waals surface area contributed by atoms with Crippen molar-refractivity contribution in [3.8, 4) is 11.3 Å². The lowest BCUT2D eigenvalue weighted by Crippen LogP contribution is -2.11. The first-order valence-corrected chi connectivity index (χ1v) is 10.2. The minimum absolute atomic E-state index is 0.0165. The van der Waals surface area contributed by atoms with Gasteiger partial charge in [-0.2, -0.15) is 13.2 Å². The first-order chi connectivity index (χ1) is 16.3. The lowest BCUT2D eigenvalue weighted by molar-refractivity contribution is -0.137. The molecule has 4 N–H and O–H groups in total. The molecule has 0 unspecified atom stereocenters. The molecule has 1 amide bonds. The van der Waals surface area contributed by atoms with Crippen molar-refractivity contribution in [3.63, 3.8) is 0 Å². The third-order valence-corrected chi connectivity index (χ3v) is 5.05. The monoisotopic (exact) mass is 470 g/mol. The summed E-state index contributed by atoms with van der Waals surface area (Å²) in [6, 6.07) is 12.2. The average molecular weight is 470 g/mol. The van der Waals surface area contributed by atoms with Crippen LogP contribution < -0.4 is 16.0 Å². The molecule has 0 atom stereocenters. The van der Waals surface area contributed by atoms with Crippen LogP contribution in [-0.4, -0.2) is 35.2 Å². The van der Waals surface area contributed by atoms with Crippen molar-refractivity contribution >= 4 is 34.3 Å². The summed E-state index contributed by atoms with van der Waals surface area (Å²) in [6.07, 6.45) is -3.19. The molecule has 0 radical (unpaired) electrons. The number of aromatic amines is 1.